The van der Waals surface area contributed by atoms with E-state index in [4.69, 9.17) is 37.4 Å². The third-order valence-corrected chi connectivity index (χ3v) is 4.63. The zero-order valence-corrected chi connectivity index (χ0v) is 18.2. The van der Waals surface area contributed by atoms with Gasteiger partial charge in [0.05, 0.1) is 18.3 Å². The van der Waals surface area contributed by atoms with Crippen LogP contribution in [0.5, 0.6) is 17.2 Å². The molecule has 3 aromatic carbocycles. The number of rotatable bonds is 9. The third-order valence-electron chi connectivity index (χ3n) is 4.10. The molecule has 0 saturated heterocycles. The van der Waals surface area contributed by atoms with Gasteiger partial charge in [0.25, 0.3) is 5.91 Å². The Morgan fingerprint density at radius 3 is 2.55 bits per heavy atom. The Morgan fingerprint density at radius 1 is 1.00 bits per heavy atom. The minimum Gasteiger partial charge on any atom is -0.496 e. The molecular formula is C23H20Cl2N2O4. The number of hydrogen-bond acceptors (Lipinski definition) is 5. The normalized spacial score (nSPS) is 10.7. The van der Waals surface area contributed by atoms with Gasteiger partial charge in [-0.2, -0.15) is 5.10 Å². The maximum atomic E-state index is 11.9. The van der Waals surface area contributed by atoms with Crippen molar-refractivity contribution in [2.24, 2.45) is 5.10 Å². The monoisotopic (exact) mass is 458 g/mol. The van der Waals surface area contributed by atoms with Crippen LogP contribution in [0.3, 0.4) is 0 Å². The number of nitrogens with one attached hydrogen (secondary N) is 1. The maximum Gasteiger partial charge on any atom is 0.277 e. The third kappa shape index (κ3) is 6.91. The predicted octanol–water partition coefficient (Wildman–Crippen LogP) is 5.11. The second kappa shape index (κ2) is 11.2. The number of hydrazone groups is 1. The zero-order chi connectivity index (χ0) is 22.1. The van der Waals surface area contributed by atoms with E-state index < -0.39 is 5.91 Å². The van der Waals surface area contributed by atoms with Gasteiger partial charge in [-0.1, -0.05) is 53.5 Å². The lowest BCUT2D eigenvalue weighted by atomic mass is 10.2. The van der Waals surface area contributed by atoms with Crippen LogP contribution < -0.4 is 19.6 Å². The van der Waals surface area contributed by atoms with Crippen molar-refractivity contribution in [1.29, 1.82) is 0 Å². The van der Waals surface area contributed by atoms with Crippen LogP contribution >= 0.6 is 23.2 Å². The second-order valence-electron chi connectivity index (χ2n) is 6.33. The largest absolute Gasteiger partial charge is 0.496 e. The molecule has 0 bridgehead atoms. The molecule has 0 atom stereocenters. The van der Waals surface area contributed by atoms with Crippen LogP contribution in [-0.2, 0) is 11.4 Å². The highest BCUT2D eigenvalue weighted by Gasteiger charge is 2.07. The fourth-order valence-electron chi connectivity index (χ4n) is 2.57. The molecule has 0 saturated carbocycles. The summed E-state index contributed by atoms with van der Waals surface area (Å²) in [5, 5.41) is 4.75. The van der Waals surface area contributed by atoms with Crippen LogP contribution in [0.1, 0.15) is 11.1 Å². The minimum absolute atomic E-state index is 0.248. The maximum absolute atomic E-state index is 11.9. The molecule has 0 fully saturated rings. The van der Waals surface area contributed by atoms with Crippen molar-refractivity contribution in [2.75, 3.05) is 13.7 Å². The Morgan fingerprint density at radius 2 is 1.81 bits per heavy atom. The van der Waals surface area contributed by atoms with E-state index in [1.165, 1.54) is 12.3 Å². The van der Waals surface area contributed by atoms with Gasteiger partial charge in [-0.25, -0.2) is 5.43 Å². The molecule has 0 heterocycles. The molecule has 3 rings (SSSR count). The molecule has 3 aromatic rings. The molecule has 1 amide bonds. The van der Waals surface area contributed by atoms with E-state index in [0.717, 1.165) is 5.56 Å². The molecule has 8 heteroatoms. The van der Waals surface area contributed by atoms with Crippen LogP contribution in [0.2, 0.25) is 10.0 Å². The van der Waals surface area contributed by atoms with Crippen LogP contribution in [-0.4, -0.2) is 25.8 Å². The van der Waals surface area contributed by atoms with Gasteiger partial charge in [-0.05, 0) is 35.9 Å². The van der Waals surface area contributed by atoms with Gasteiger partial charge in [-0.15, -0.1) is 0 Å². The Kier molecular flexibility index (Phi) is 8.15. The summed E-state index contributed by atoms with van der Waals surface area (Å²) >= 11 is 11.8. The van der Waals surface area contributed by atoms with E-state index >= 15 is 0 Å². The average molecular weight is 459 g/mol. The number of hydrogen-bond donors (Lipinski definition) is 1. The lowest BCUT2D eigenvalue weighted by molar-refractivity contribution is -0.123. The molecule has 0 aliphatic carbocycles. The quantitative estimate of drug-likeness (QED) is 0.357. The Balaban J connectivity index is 1.52. The summed E-state index contributed by atoms with van der Waals surface area (Å²) in [5.74, 6) is 1.14. The second-order valence-corrected chi connectivity index (χ2v) is 7.18. The smallest absolute Gasteiger partial charge is 0.277 e. The summed E-state index contributed by atoms with van der Waals surface area (Å²) in [6.07, 6.45) is 1.48. The lowest BCUT2D eigenvalue weighted by Crippen LogP contribution is -2.24. The fraction of sp³-hybridized carbons (Fsp3) is 0.130. The highest BCUT2D eigenvalue weighted by Crippen LogP contribution is 2.27. The summed E-state index contributed by atoms with van der Waals surface area (Å²) < 4.78 is 16.5. The summed E-state index contributed by atoms with van der Waals surface area (Å²) in [4.78, 5) is 11.9. The van der Waals surface area contributed by atoms with Crippen LogP contribution in [0.25, 0.3) is 0 Å². The molecular weight excluding hydrogens is 439 g/mol. The molecule has 0 spiro atoms. The summed E-state index contributed by atoms with van der Waals surface area (Å²) in [5.41, 5.74) is 4.14. The molecule has 1 N–H and O–H groups in total. The summed E-state index contributed by atoms with van der Waals surface area (Å²) in [6.45, 7) is 0.202. The van der Waals surface area contributed by atoms with Gasteiger partial charge in [0.1, 0.15) is 23.9 Å². The number of carbonyl (C=O) groups is 1. The van der Waals surface area contributed by atoms with Crippen LogP contribution in [0.15, 0.2) is 71.8 Å². The summed E-state index contributed by atoms with van der Waals surface area (Å²) in [6, 6.07) is 20.0. The van der Waals surface area contributed by atoms with E-state index in [0.29, 0.717) is 39.5 Å². The highest BCUT2D eigenvalue weighted by atomic mass is 35.5. The van der Waals surface area contributed by atoms with Crippen LogP contribution in [0.4, 0.5) is 0 Å². The van der Waals surface area contributed by atoms with E-state index in [1.807, 2.05) is 30.3 Å². The van der Waals surface area contributed by atoms with Crippen LogP contribution in [0, 0.1) is 0 Å². The molecule has 31 heavy (non-hydrogen) atoms. The van der Waals surface area contributed by atoms with Crippen molar-refractivity contribution in [1.82, 2.24) is 5.43 Å². The fourth-order valence-corrected chi connectivity index (χ4v) is 3.03. The number of methoxy groups -OCH3 is 1. The number of ether oxygens (including phenoxy) is 3. The molecule has 6 nitrogen and oxygen atoms in total. The molecule has 160 valence electrons. The topological polar surface area (TPSA) is 69.2 Å². The first kappa shape index (κ1) is 22.5. The average Bonchev–Trinajstić information content (AvgIpc) is 2.78. The number of halogens is 2. The number of carbonyl (C=O) groups excluding carboxylic acids is 1. The Labute approximate surface area is 190 Å². The van der Waals surface area contributed by atoms with Crippen molar-refractivity contribution < 1.29 is 19.0 Å². The first-order valence-corrected chi connectivity index (χ1v) is 10.1. The molecule has 0 radical (unpaired) electrons. The zero-order valence-electron chi connectivity index (χ0n) is 16.7. The predicted molar refractivity (Wildman–Crippen MR) is 121 cm³/mol. The van der Waals surface area contributed by atoms with Crippen molar-refractivity contribution in [3.8, 4) is 17.2 Å². The van der Waals surface area contributed by atoms with Crippen molar-refractivity contribution >= 4 is 35.3 Å². The first-order valence-electron chi connectivity index (χ1n) is 9.29. The lowest BCUT2D eigenvalue weighted by Gasteiger charge is -2.10. The Hall–Kier alpha value is -3.22. The van der Waals surface area contributed by atoms with Gasteiger partial charge in [-0.3, -0.25) is 4.79 Å². The van der Waals surface area contributed by atoms with Gasteiger partial charge >= 0.3 is 0 Å². The van der Waals surface area contributed by atoms with E-state index in [9.17, 15) is 4.79 Å². The van der Waals surface area contributed by atoms with E-state index in [2.05, 4.69) is 10.5 Å². The molecule has 0 aliphatic heterocycles. The standard InChI is InChI=1S/C23H20Cl2N2O4/c1-29-22-12-19(30-14-16-5-3-2-4-6-16)9-7-17(22)13-26-27-23(28)15-31-21-10-8-18(24)11-20(21)25/h2-13H,14-15H2,1H3,(H,27,28)/b26-13-. The van der Waals surface area contributed by atoms with Gasteiger partial charge in [0, 0.05) is 16.7 Å². The van der Waals surface area contributed by atoms with Crippen molar-refractivity contribution in [2.45, 2.75) is 6.61 Å². The molecule has 0 unspecified atom stereocenters. The molecule has 0 aliphatic rings. The minimum atomic E-state index is -0.441. The number of amides is 1. The SMILES string of the molecule is COc1cc(OCc2ccccc2)ccc1/C=N\NC(=O)COc1ccc(Cl)cc1Cl. The summed E-state index contributed by atoms with van der Waals surface area (Å²) in [7, 11) is 1.55. The number of benzene rings is 3. The van der Waals surface area contributed by atoms with Crippen molar-refractivity contribution in [3.05, 3.63) is 87.9 Å². The van der Waals surface area contributed by atoms with E-state index in [-0.39, 0.29) is 6.61 Å². The van der Waals surface area contributed by atoms with Gasteiger partial charge in [0.2, 0.25) is 0 Å². The first-order chi connectivity index (χ1) is 15.0. The van der Waals surface area contributed by atoms with Crippen molar-refractivity contribution in [3.63, 3.8) is 0 Å². The highest BCUT2D eigenvalue weighted by molar-refractivity contribution is 6.35. The van der Waals surface area contributed by atoms with Gasteiger partial charge < -0.3 is 14.2 Å². The van der Waals surface area contributed by atoms with E-state index in [1.54, 1.807) is 37.4 Å². The molecule has 0 aromatic heterocycles. The number of nitrogens with zero attached hydrogens (tertiary/aromatic N) is 1. The van der Waals surface area contributed by atoms with Gasteiger partial charge in [0.15, 0.2) is 6.61 Å². The Bertz CT molecular complexity index is 1060.